The quantitative estimate of drug-likeness (QED) is 0.443. The third-order valence-corrected chi connectivity index (χ3v) is 7.34. The summed E-state index contributed by atoms with van der Waals surface area (Å²) in [6.45, 7) is 11.1. The molecule has 98 valence electrons. The molecule has 0 spiro atoms. The van der Waals surface area contributed by atoms with Crippen LogP contribution in [0, 0.1) is 27.5 Å². The topological polar surface area (TPSA) is 0 Å². The van der Waals surface area contributed by atoms with Crippen LogP contribution in [0.1, 0.15) is 27.2 Å². The van der Waals surface area contributed by atoms with Crippen molar-refractivity contribution in [3.8, 4) is 0 Å². The molecule has 0 saturated heterocycles. The molecule has 2 heteroatoms. The van der Waals surface area contributed by atoms with Gasteiger partial charge in [0, 0.05) is 0 Å². The molecule has 0 unspecified atom stereocenters. The molecular formula is C14H28PtSi. The second-order valence-corrected chi connectivity index (χ2v) is 8.69. The molecule has 0 aromatic carbocycles. The molecule has 0 atom stereocenters. The molecule has 0 nitrogen and oxygen atoms in total. The van der Waals surface area contributed by atoms with E-state index in [9.17, 15) is 0 Å². The first-order valence-corrected chi connectivity index (χ1v) is 8.08. The van der Waals surface area contributed by atoms with E-state index in [2.05, 4.69) is 39.5 Å². The van der Waals surface area contributed by atoms with Crippen molar-refractivity contribution >= 4 is 8.07 Å². The Hall–Kier alpha value is 0.385. The van der Waals surface area contributed by atoms with Crippen molar-refractivity contribution in [2.24, 2.45) is 0 Å². The fourth-order valence-electron chi connectivity index (χ4n) is 1.09. The fraction of sp³-hybridized carbons (Fsp3) is 0.500. The number of rotatable bonds is 3. The van der Waals surface area contributed by atoms with E-state index in [1.807, 2.05) is 12.2 Å². The normalized spacial score (nSPS) is 11.5. The van der Waals surface area contributed by atoms with Gasteiger partial charge in [0.2, 0.25) is 0 Å². The van der Waals surface area contributed by atoms with Crippen molar-refractivity contribution in [1.29, 1.82) is 0 Å². The molecule has 0 aromatic heterocycles. The first-order chi connectivity index (χ1) is 6.18. The summed E-state index contributed by atoms with van der Waals surface area (Å²) in [5, 5.41) is 0. The fourth-order valence-corrected chi connectivity index (χ4v) is 2.59. The predicted molar refractivity (Wildman–Crippen MR) is 77.0 cm³/mol. The summed E-state index contributed by atoms with van der Waals surface area (Å²) in [5.41, 5.74) is 0. The van der Waals surface area contributed by atoms with E-state index in [0.29, 0.717) is 0 Å². The van der Waals surface area contributed by atoms with E-state index in [4.69, 9.17) is 0 Å². The molecule has 0 aromatic rings. The van der Waals surface area contributed by atoms with Crippen LogP contribution in [0.4, 0.5) is 0 Å². The number of hydrogen-bond acceptors (Lipinski definition) is 0. The summed E-state index contributed by atoms with van der Waals surface area (Å²) in [7, 11) is -0.921. The van der Waals surface area contributed by atoms with E-state index in [1.54, 1.807) is 0 Å². The van der Waals surface area contributed by atoms with E-state index >= 15 is 0 Å². The van der Waals surface area contributed by atoms with Gasteiger partial charge in [0.15, 0.2) is 0 Å². The second-order valence-electron chi connectivity index (χ2n) is 3.56. The summed E-state index contributed by atoms with van der Waals surface area (Å²) in [5.74, 6) is 0. The largest absolute Gasteiger partial charge is 4.00 e. The van der Waals surface area contributed by atoms with Crippen LogP contribution in [0.25, 0.3) is 0 Å². The number of allylic oxidation sites excluding steroid dienone is 4. The minimum atomic E-state index is -0.921. The van der Waals surface area contributed by atoms with Crippen molar-refractivity contribution in [2.75, 3.05) is 0 Å². The maximum atomic E-state index is 4.26. The number of hydrogen-bond donors (Lipinski definition) is 0. The van der Waals surface area contributed by atoms with Crippen LogP contribution in [0.5, 0.6) is 0 Å². The van der Waals surface area contributed by atoms with E-state index in [0.717, 1.165) is 6.42 Å². The first-order valence-electron chi connectivity index (χ1n) is 5.25. The molecule has 0 amide bonds. The third-order valence-electron chi connectivity index (χ3n) is 2.84. The minimum absolute atomic E-state index is 0. The molecule has 0 saturated carbocycles. The Morgan fingerprint density at radius 2 is 1.56 bits per heavy atom. The second kappa shape index (κ2) is 15.4. The third kappa shape index (κ3) is 12.5. The van der Waals surface area contributed by atoms with E-state index < -0.39 is 8.07 Å². The first kappa shape index (κ1) is 25.3. The van der Waals surface area contributed by atoms with Gasteiger partial charge in [-0.05, 0) is 0 Å². The van der Waals surface area contributed by atoms with Gasteiger partial charge in [-0.15, -0.1) is 6.42 Å². The molecule has 0 fully saturated rings. The van der Waals surface area contributed by atoms with E-state index in [1.165, 1.54) is 18.1 Å². The molecular weight excluding hydrogens is 391 g/mol. The summed E-state index contributed by atoms with van der Waals surface area (Å²) in [6, 6.07) is 4.04. The van der Waals surface area contributed by atoms with Crippen molar-refractivity contribution in [2.45, 2.75) is 45.3 Å². The van der Waals surface area contributed by atoms with Crippen molar-refractivity contribution in [3.63, 3.8) is 0 Å². The van der Waals surface area contributed by atoms with Gasteiger partial charge in [0.25, 0.3) is 0 Å². The zero-order chi connectivity index (χ0) is 10.2. The zero-order valence-corrected chi connectivity index (χ0v) is 14.9. The Bertz CT molecular complexity index is 151. The maximum absolute atomic E-state index is 4.26. The van der Waals surface area contributed by atoms with Crippen LogP contribution >= 0.6 is 0 Å². The Morgan fingerprint density at radius 1 is 1.12 bits per heavy atom. The summed E-state index contributed by atoms with van der Waals surface area (Å²) >= 11 is 0. The van der Waals surface area contributed by atoms with Crippen LogP contribution in [0.2, 0.25) is 18.1 Å². The van der Waals surface area contributed by atoms with Gasteiger partial charge in [0.05, 0.1) is 0 Å². The van der Waals surface area contributed by atoms with Crippen LogP contribution in [-0.4, -0.2) is 8.07 Å². The van der Waals surface area contributed by atoms with Crippen LogP contribution in [0.3, 0.4) is 0 Å². The molecule has 0 N–H and O–H groups in total. The van der Waals surface area contributed by atoms with Gasteiger partial charge >= 0.3 is 21.1 Å². The molecule has 0 aliphatic heterocycles. The molecule has 0 heterocycles. The zero-order valence-electron chi connectivity index (χ0n) is 11.6. The monoisotopic (exact) mass is 419 g/mol. The van der Waals surface area contributed by atoms with Crippen LogP contribution in [0.15, 0.2) is 18.2 Å². The van der Waals surface area contributed by atoms with Crippen LogP contribution in [-0.2, 0) is 21.1 Å². The van der Waals surface area contributed by atoms with Crippen molar-refractivity contribution in [3.05, 3.63) is 45.7 Å². The molecule has 0 bridgehead atoms. The smallest absolute Gasteiger partial charge is 0.358 e. The van der Waals surface area contributed by atoms with Gasteiger partial charge in [-0.1, -0.05) is 47.0 Å². The molecule has 1 aliphatic rings. The standard InChI is InChI=1S/C7H17Si.C5H5.2CH3.Pt/c1-5-8(4,6-2)7-3;1-2-4-5-3-1;;;/h4-7H2,1-3H3;1-3H,4H2;2*1H3;/q4*-1;+4. The maximum Gasteiger partial charge on any atom is 4.00 e. The summed E-state index contributed by atoms with van der Waals surface area (Å²) in [4.78, 5) is 0. The Balaban J connectivity index is -0.0000000798. The average Bonchev–Trinajstić information content (AvgIpc) is 2.75. The Morgan fingerprint density at radius 3 is 1.62 bits per heavy atom. The van der Waals surface area contributed by atoms with Gasteiger partial charge in [-0.3, -0.25) is 6.08 Å². The Labute approximate surface area is 120 Å². The van der Waals surface area contributed by atoms with E-state index in [-0.39, 0.29) is 35.9 Å². The minimum Gasteiger partial charge on any atom is -0.358 e. The predicted octanol–water partition coefficient (Wildman–Crippen LogP) is 5.07. The summed E-state index contributed by atoms with van der Waals surface area (Å²) in [6.07, 6.45) is 10.0. The van der Waals surface area contributed by atoms with Gasteiger partial charge < -0.3 is 21.4 Å². The van der Waals surface area contributed by atoms with Crippen LogP contribution < -0.4 is 0 Å². The molecule has 1 rings (SSSR count). The van der Waals surface area contributed by atoms with Gasteiger partial charge in [-0.2, -0.15) is 6.08 Å². The van der Waals surface area contributed by atoms with Gasteiger partial charge in [-0.25, -0.2) is 12.2 Å². The van der Waals surface area contributed by atoms with Crippen molar-refractivity contribution in [1.82, 2.24) is 0 Å². The molecule has 16 heavy (non-hydrogen) atoms. The Kier molecular flexibility index (Phi) is 24.3. The average molecular weight is 420 g/mol. The van der Waals surface area contributed by atoms with Crippen molar-refractivity contribution < 1.29 is 21.1 Å². The summed E-state index contributed by atoms with van der Waals surface area (Å²) < 4.78 is 0. The SMILES string of the molecule is [C-]1=CC=CC1.[CH2-][Si](CC)(CC)CC.[CH3-].[CH3-].[Pt+4]. The van der Waals surface area contributed by atoms with Gasteiger partial charge in [0.1, 0.15) is 0 Å². The molecule has 0 radical (unpaired) electrons. The molecule has 1 aliphatic carbocycles.